The number of carbonyl (C=O) groups is 3. The molecule has 292 valence electrons. The molecule has 0 aromatic heterocycles. The molecule has 0 aromatic rings. The van der Waals surface area contributed by atoms with Crippen molar-refractivity contribution in [2.24, 2.45) is 11.8 Å². The van der Waals surface area contributed by atoms with Crippen LogP contribution >= 0.6 is 0 Å². The number of carbonyl (C=O) groups excluding carboxylic acids is 3. The van der Waals surface area contributed by atoms with Crippen LogP contribution in [-0.2, 0) is 33.3 Å². The van der Waals surface area contributed by atoms with Gasteiger partial charge in [0.15, 0.2) is 0 Å². The van der Waals surface area contributed by atoms with Crippen LogP contribution < -0.4 is 0 Å². The van der Waals surface area contributed by atoms with Crippen LogP contribution in [0.2, 0.25) is 0 Å². The molecule has 1 amide bonds. The number of rotatable bonds is 8. The third-order valence-corrected chi connectivity index (χ3v) is 11.6. The molecule has 10 heteroatoms. The molecule has 10 nitrogen and oxygen atoms in total. The van der Waals surface area contributed by atoms with Crippen molar-refractivity contribution >= 4 is 18.0 Å². The first kappa shape index (κ1) is 40.5. The summed E-state index contributed by atoms with van der Waals surface area (Å²) in [4.78, 5) is 42.8. The minimum absolute atomic E-state index is 0.0187. The summed E-state index contributed by atoms with van der Waals surface area (Å²) in [5, 5.41) is 0. The van der Waals surface area contributed by atoms with Gasteiger partial charge in [-0.25, -0.2) is 9.59 Å². The smallest absolute Gasteiger partial charge is 0.409 e. The molecule has 52 heavy (non-hydrogen) atoms. The quantitative estimate of drug-likeness (QED) is 0.0819. The highest BCUT2D eigenvalue weighted by Crippen LogP contribution is 2.34. The molecule has 5 heterocycles. The van der Waals surface area contributed by atoms with Gasteiger partial charge >= 0.3 is 18.0 Å². The fourth-order valence-corrected chi connectivity index (χ4v) is 8.66. The Labute approximate surface area is 312 Å². The van der Waals surface area contributed by atoms with Crippen LogP contribution in [-0.4, -0.2) is 104 Å². The summed E-state index contributed by atoms with van der Waals surface area (Å²) in [5.74, 6) is -0.383. The van der Waals surface area contributed by atoms with Crippen molar-refractivity contribution in [3.63, 3.8) is 0 Å². The first-order valence-corrected chi connectivity index (χ1v) is 20.5. The molecule has 0 N–H and O–H groups in total. The van der Waals surface area contributed by atoms with E-state index in [1.165, 1.54) is 45.9 Å². The Hall–Kier alpha value is -2.69. The first-order valence-electron chi connectivity index (χ1n) is 20.5. The number of piperidine rings is 1. The highest BCUT2D eigenvalue weighted by molar-refractivity contribution is 5.82. The Morgan fingerprint density at radius 2 is 1.54 bits per heavy atom. The van der Waals surface area contributed by atoms with Gasteiger partial charge in [-0.15, -0.1) is 0 Å². The van der Waals surface area contributed by atoms with Gasteiger partial charge in [0, 0.05) is 37.5 Å². The van der Waals surface area contributed by atoms with Crippen LogP contribution in [0.25, 0.3) is 0 Å². The van der Waals surface area contributed by atoms with Gasteiger partial charge in [0.1, 0.15) is 6.10 Å². The summed E-state index contributed by atoms with van der Waals surface area (Å²) in [6.07, 6.45) is 25.2. The molecule has 0 aromatic carbocycles. The molecule has 5 rings (SSSR count). The summed E-state index contributed by atoms with van der Waals surface area (Å²) in [6.45, 7) is 8.68. The fraction of sp³-hybridized carbons (Fsp3) is 0.786. The van der Waals surface area contributed by atoms with Gasteiger partial charge in [-0.3, -0.25) is 4.79 Å². The Kier molecular flexibility index (Phi) is 16.6. The molecule has 0 saturated carbocycles. The van der Waals surface area contributed by atoms with E-state index in [1.807, 2.05) is 11.0 Å². The number of methoxy groups -OCH3 is 1. The third kappa shape index (κ3) is 13.3. The lowest BCUT2D eigenvalue weighted by molar-refractivity contribution is -0.154. The Morgan fingerprint density at radius 3 is 2.29 bits per heavy atom. The highest BCUT2D eigenvalue weighted by Gasteiger charge is 2.33. The van der Waals surface area contributed by atoms with E-state index in [0.717, 1.165) is 82.9 Å². The molecule has 0 radical (unpaired) electrons. The lowest BCUT2D eigenvalue weighted by atomic mass is 9.89. The molecule has 7 unspecified atom stereocenters. The van der Waals surface area contributed by atoms with E-state index in [-0.39, 0.29) is 54.8 Å². The monoisotopic (exact) mass is 726 g/mol. The molecule has 4 saturated heterocycles. The van der Waals surface area contributed by atoms with Crippen molar-refractivity contribution in [2.75, 3.05) is 39.9 Å². The number of amides is 1. The van der Waals surface area contributed by atoms with Gasteiger partial charge in [-0.05, 0) is 109 Å². The van der Waals surface area contributed by atoms with E-state index in [0.29, 0.717) is 31.4 Å². The molecule has 0 aliphatic carbocycles. The minimum atomic E-state index is -0.418. The zero-order valence-corrected chi connectivity index (χ0v) is 32.2. The van der Waals surface area contributed by atoms with Crippen molar-refractivity contribution < 1.29 is 38.1 Å². The maximum Gasteiger partial charge on any atom is 0.409 e. The Morgan fingerprint density at radius 1 is 0.827 bits per heavy atom. The van der Waals surface area contributed by atoms with Gasteiger partial charge < -0.3 is 33.5 Å². The number of unbranched alkanes of at least 4 members (excludes halogenated alkanes) is 2. The zero-order valence-electron chi connectivity index (χ0n) is 32.2. The number of likely N-dealkylation sites (tertiary alicyclic amines) is 2. The molecule has 0 spiro atoms. The van der Waals surface area contributed by atoms with E-state index >= 15 is 0 Å². The molecule has 5 aliphatic heterocycles. The normalized spacial score (nSPS) is 33.3. The van der Waals surface area contributed by atoms with Gasteiger partial charge in [0.05, 0.1) is 44.6 Å². The number of allylic oxidation sites excluding steroid dienone is 2. The number of fused-ring (bicyclic) bond motifs is 4. The summed E-state index contributed by atoms with van der Waals surface area (Å²) >= 11 is 0. The number of hydrogen-bond acceptors (Lipinski definition) is 9. The van der Waals surface area contributed by atoms with Gasteiger partial charge in [-0.1, -0.05) is 50.5 Å². The number of hydrogen-bond donors (Lipinski definition) is 0. The summed E-state index contributed by atoms with van der Waals surface area (Å²) < 4.78 is 29.7. The molecule has 4 bridgehead atoms. The molecule has 4 fully saturated rings. The van der Waals surface area contributed by atoms with Crippen molar-refractivity contribution in [3.05, 3.63) is 36.0 Å². The van der Waals surface area contributed by atoms with Crippen molar-refractivity contribution in [1.29, 1.82) is 0 Å². The van der Waals surface area contributed by atoms with Crippen LogP contribution in [0.3, 0.4) is 0 Å². The molecule has 5 aliphatic rings. The van der Waals surface area contributed by atoms with Crippen LogP contribution in [0.4, 0.5) is 4.79 Å². The average Bonchev–Trinajstić information content (AvgIpc) is 3.42. The predicted octanol–water partition coefficient (Wildman–Crippen LogP) is 7.70. The first-order chi connectivity index (χ1) is 25.2. The molecule has 7 atom stereocenters. The number of cyclic esters (lactones) is 1. The number of nitrogens with zero attached hydrogens (tertiary/aromatic N) is 2. The van der Waals surface area contributed by atoms with Crippen LogP contribution in [0.1, 0.15) is 123 Å². The maximum absolute atomic E-state index is 13.4. The standard InChI is InChI=1S/C42H66N2O8/c1-31-16-17-32(2)39(15-8-4-7-11-24-49-42(47)44-22-18-34(19-23-44)43-20-9-5-6-10-21-43)52-41(46)30-38-27-33(28-40(45)48-3)26-37(51-38)29-36-14-12-13-35(25-31)50-36/h8,15-17,28,31-32,34-39H,4-7,9-14,18-27,29-30H2,1-3H3/b15-8+,17-16+,33-28-. The fourth-order valence-electron chi connectivity index (χ4n) is 8.66. The van der Waals surface area contributed by atoms with Crippen molar-refractivity contribution in [3.8, 4) is 0 Å². The number of ether oxygens (including phenoxy) is 5. The largest absolute Gasteiger partial charge is 0.466 e. The van der Waals surface area contributed by atoms with E-state index < -0.39 is 6.10 Å². The van der Waals surface area contributed by atoms with Gasteiger partial charge in [0.25, 0.3) is 0 Å². The average molecular weight is 727 g/mol. The van der Waals surface area contributed by atoms with E-state index in [4.69, 9.17) is 23.7 Å². The minimum Gasteiger partial charge on any atom is -0.466 e. The lowest BCUT2D eigenvalue weighted by Gasteiger charge is -2.37. The van der Waals surface area contributed by atoms with E-state index in [2.05, 4.69) is 37.0 Å². The van der Waals surface area contributed by atoms with Crippen LogP contribution in [0.5, 0.6) is 0 Å². The van der Waals surface area contributed by atoms with E-state index in [9.17, 15) is 14.4 Å². The number of esters is 2. The third-order valence-electron chi connectivity index (χ3n) is 11.6. The molecular weight excluding hydrogens is 660 g/mol. The maximum atomic E-state index is 13.4. The second kappa shape index (κ2) is 21.3. The predicted molar refractivity (Wildman–Crippen MR) is 201 cm³/mol. The van der Waals surface area contributed by atoms with Gasteiger partial charge in [-0.2, -0.15) is 0 Å². The molecular formula is C42H66N2O8. The van der Waals surface area contributed by atoms with Crippen molar-refractivity contribution in [2.45, 2.75) is 160 Å². The topological polar surface area (TPSA) is 104 Å². The summed E-state index contributed by atoms with van der Waals surface area (Å²) in [7, 11) is 1.38. The van der Waals surface area contributed by atoms with Gasteiger partial charge in [0.2, 0.25) is 0 Å². The van der Waals surface area contributed by atoms with Crippen LogP contribution in [0, 0.1) is 11.8 Å². The Bertz CT molecular complexity index is 1220. The summed E-state index contributed by atoms with van der Waals surface area (Å²) in [6, 6.07) is 0.601. The SMILES string of the molecule is COC(=O)/C=C1\CC2CC(=O)OC(/C=C/CCCCOC(=O)N3CCC(N4CCCCCC4)CC3)C(C)/C=C/C(C)CC3CCCC(CC(C1)O2)O3. The van der Waals surface area contributed by atoms with Crippen molar-refractivity contribution in [1.82, 2.24) is 9.80 Å². The van der Waals surface area contributed by atoms with E-state index in [1.54, 1.807) is 6.08 Å². The lowest BCUT2D eigenvalue weighted by Crippen LogP contribution is -2.47. The Balaban J connectivity index is 1.11. The zero-order chi connectivity index (χ0) is 36.7. The second-order valence-corrected chi connectivity index (χ2v) is 16.0. The van der Waals surface area contributed by atoms with Crippen LogP contribution in [0.15, 0.2) is 36.0 Å². The second-order valence-electron chi connectivity index (χ2n) is 16.0. The summed E-state index contributed by atoms with van der Waals surface area (Å²) in [5.41, 5.74) is 0.939. The highest BCUT2D eigenvalue weighted by atomic mass is 16.6.